The van der Waals surface area contributed by atoms with Gasteiger partial charge in [0.25, 0.3) is 0 Å². The SMILES string of the molecule is CCCCCCCN1C(=O)OCC[C@@H]1/C=C/[C@@H](O)C(F)(F)c1ccccc1. The first-order valence-corrected chi connectivity index (χ1v) is 9.70. The fourth-order valence-corrected chi connectivity index (χ4v) is 3.17. The van der Waals surface area contributed by atoms with Gasteiger partial charge in [0.15, 0.2) is 0 Å². The summed E-state index contributed by atoms with van der Waals surface area (Å²) in [6.45, 7) is 2.92. The van der Waals surface area contributed by atoms with Crippen LogP contribution in [0.2, 0.25) is 0 Å². The number of rotatable bonds is 10. The van der Waals surface area contributed by atoms with Crippen molar-refractivity contribution in [2.24, 2.45) is 0 Å². The Hall–Kier alpha value is -1.95. The van der Waals surface area contributed by atoms with Crippen molar-refractivity contribution >= 4 is 6.09 Å². The quantitative estimate of drug-likeness (QED) is 0.464. The Morgan fingerprint density at radius 3 is 2.67 bits per heavy atom. The predicted octanol–water partition coefficient (Wildman–Crippen LogP) is 4.88. The first-order chi connectivity index (χ1) is 13.0. The van der Waals surface area contributed by atoms with Crippen LogP contribution in [0.3, 0.4) is 0 Å². The Balaban J connectivity index is 1.98. The van der Waals surface area contributed by atoms with Gasteiger partial charge in [-0.25, -0.2) is 4.79 Å². The molecule has 1 fully saturated rings. The van der Waals surface area contributed by atoms with Crippen molar-refractivity contribution in [2.45, 2.75) is 63.5 Å². The molecule has 0 unspecified atom stereocenters. The molecule has 0 saturated carbocycles. The maximum absolute atomic E-state index is 14.4. The zero-order valence-corrected chi connectivity index (χ0v) is 15.8. The van der Waals surface area contributed by atoms with Gasteiger partial charge in [-0.2, -0.15) is 8.78 Å². The van der Waals surface area contributed by atoms with Gasteiger partial charge in [-0.3, -0.25) is 0 Å². The van der Waals surface area contributed by atoms with Gasteiger partial charge in [-0.15, -0.1) is 0 Å². The number of benzene rings is 1. The molecule has 2 rings (SSSR count). The first kappa shape index (κ1) is 21.4. The standard InChI is InChI=1S/C21H29F2NO3/c1-2-3-4-5-9-15-24-18(14-16-27-20(24)26)12-13-19(25)21(22,23)17-10-7-6-8-11-17/h6-8,10-13,18-19,25H,2-5,9,14-16H2,1H3/b13-12+/t18-,19+/m0/s1. The van der Waals surface area contributed by atoms with Gasteiger partial charge in [-0.05, 0) is 6.42 Å². The van der Waals surface area contributed by atoms with E-state index in [0.717, 1.165) is 38.2 Å². The molecule has 6 heteroatoms. The molecule has 150 valence electrons. The highest BCUT2D eigenvalue weighted by molar-refractivity contribution is 5.69. The Morgan fingerprint density at radius 1 is 1.26 bits per heavy atom. The van der Waals surface area contributed by atoms with Crippen molar-refractivity contribution in [3.8, 4) is 0 Å². The minimum atomic E-state index is -3.39. The highest BCUT2D eigenvalue weighted by Crippen LogP contribution is 2.32. The van der Waals surface area contributed by atoms with E-state index in [1.54, 1.807) is 11.0 Å². The molecule has 1 amide bonds. The molecule has 0 aromatic heterocycles. The average molecular weight is 381 g/mol. The summed E-state index contributed by atoms with van der Waals surface area (Å²) < 4.78 is 33.9. The summed E-state index contributed by atoms with van der Waals surface area (Å²) >= 11 is 0. The Kier molecular flexibility index (Phi) is 8.23. The van der Waals surface area contributed by atoms with Crippen LogP contribution in [-0.4, -0.2) is 41.4 Å². The van der Waals surface area contributed by atoms with Crippen LogP contribution in [0, 0.1) is 0 Å². The third-order valence-corrected chi connectivity index (χ3v) is 4.82. The Morgan fingerprint density at radius 2 is 1.96 bits per heavy atom. The summed E-state index contributed by atoms with van der Waals surface area (Å²) in [5.41, 5.74) is -0.238. The molecular weight excluding hydrogens is 352 g/mol. The van der Waals surface area contributed by atoms with E-state index in [2.05, 4.69) is 6.92 Å². The predicted molar refractivity (Wildman–Crippen MR) is 101 cm³/mol. The fourth-order valence-electron chi connectivity index (χ4n) is 3.17. The Bertz CT molecular complexity index is 607. The molecule has 0 spiro atoms. The zero-order chi connectivity index (χ0) is 19.7. The molecule has 2 atom stereocenters. The van der Waals surface area contributed by atoms with Crippen molar-refractivity contribution in [3.63, 3.8) is 0 Å². The molecular formula is C21H29F2NO3. The number of carbonyl (C=O) groups excluding carboxylic acids is 1. The zero-order valence-electron chi connectivity index (χ0n) is 15.8. The number of aliphatic hydroxyl groups excluding tert-OH is 1. The van der Waals surface area contributed by atoms with Crippen molar-refractivity contribution in [2.75, 3.05) is 13.2 Å². The van der Waals surface area contributed by atoms with Crippen LogP contribution in [0.15, 0.2) is 42.5 Å². The van der Waals surface area contributed by atoms with Crippen LogP contribution in [0.4, 0.5) is 13.6 Å². The number of carbonyl (C=O) groups is 1. The second-order valence-corrected chi connectivity index (χ2v) is 6.90. The molecule has 1 saturated heterocycles. The number of cyclic esters (lactones) is 1. The van der Waals surface area contributed by atoms with Crippen LogP contribution >= 0.6 is 0 Å². The summed E-state index contributed by atoms with van der Waals surface area (Å²) in [7, 11) is 0. The summed E-state index contributed by atoms with van der Waals surface area (Å²) in [5, 5.41) is 10.0. The molecule has 1 aliphatic rings. The largest absolute Gasteiger partial charge is 0.449 e. The number of amides is 1. The molecule has 1 heterocycles. The highest BCUT2D eigenvalue weighted by atomic mass is 19.3. The summed E-state index contributed by atoms with van der Waals surface area (Å²) in [6.07, 6.45) is 6.04. The third-order valence-electron chi connectivity index (χ3n) is 4.82. The van der Waals surface area contributed by atoms with E-state index in [4.69, 9.17) is 4.74 Å². The summed E-state index contributed by atoms with van der Waals surface area (Å²) in [6, 6.07) is 6.91. The number of ether oxygens (including phenoxy) is 1. The van der Waals surface area contributed by atoms with Crippen molar-refractivity contribution < 1.29 is 23.4 Å². The van der Waals surface area contributed by atoms with Crippen molar-refractivity contribution in [1.29, 1.82) is 0 Å². The number of nitrogens with zero attached hydrogens (tertiary/aromatic N) is 1. The highest BCUT2D eigenvalue weighted by Gasteiger charge is 2.39. The van der Waals surface area contributed by atoms with Gasteiger partial charge in [0.05, 0.1) is 12.6 Å². The van der Waals surface area contributed by atoms with Gasteiger partial charge >= 0.3 is 12.0 Å². The van der Waals surface area contributed by atoms with E-state index >= 15 is 0 Å². The molecule has 1 aromatic rings. The minimum Gasteiger partial charge on any atom is -0.449 e. The molecule has 1 aromatic carbocycles. The maximum Gasteiger partial charge on any atom is 0.410 e. The molecule has 27 heavy (non-hydrogen) atoms. The lowest BCUT2D eigenvalue weighted by molar-refractivity contribution is -0.0930. The van der Waals surface area contributed by atoms with E-state index in [1.165, 1.54) is 30.3 Å². The first-order valence-electron chi connectivity index (χ1n) is 9.70. The van der Waals surface area contributed by atoms with E-state index in [9.17, 15) is 18.7 Å². The van der Waals surface area contributed by atoms with Crippen molar-refractivity contribution in [3.05, 3.63) is 48.0 Å². The van der Waals surface area contributed by atoms with Crippen LogP contribution in [0.5, 0.6) is 0 Å². The third kappa shape index (κ3) is 6.03. The van der Waals surface area contributed by atoms with Gasteiger partial charge in [0.1, 0.15) is 6.10 Å². The average Bonchev–Trinajstić information content (AvgIpc) is 2.68. The smallest absolute Gasteiger partial charge is 0.410 e. The normalized spacial score (nSPS) is 19.3. The van der Waals surface area contributed by atoms with Crippen molar-refractivity contribution in [1.82, 2.24) is 4.90 Å². The molecule has 0 radical (unpaired) electrons. The van der Waals surface area contributed by atoms with E-state index < -0.39 is 18.1 Å². The van der Waals surface area contributed by atoms with Gasteiger partial charge in [0, 0.05) is 18.5 Å². The van der Waals surface area contributed by atoms with E-state index in [1.807, 2.05) is 0 Å². The summed E-state index contributed by atoms with van der Waals surface area (Å²) in [4.78, 5) is 13.6. The van der Waals surface area contributed by atoms with Gasteiger partial charge < -0.3 is 14.7 Å². The lowest BCUT2D eigenvalue weighted by Crippen LogP contribution is -2.45. The monoisotopic (exact) mass is 381 g/mol. The molecule has 1 N–H and O–H groups in total. The fraction of sp³-hybridized carbons (Fsp3) is 0.571. The number of hydrogen-bond donors (Lipinski definition) is 1. The molecule has 0 bridgehead atoms. The van der Waals surface area contributed by atoms with E-state index in [0.29, 0.717) is 13.0 Å². The molecule has 0 aliphatic carbocycles. The number of unbranched alkanes of at least 4 members (excludes halogenated alkanes) is 4. The second-order valence-electron chi connectivity index (χ2n) is 6.90. The van der Waals surface area contributed by atoms with Gasteiger partial charge in [-0.1, -0.05) is 75.1 Å². The van der Waals surface area contributed by atoms with Crippen LogP contribution in [0.25, 0.3) is 0 Å². The number of halogens is 2. The van der Waals surface area contributed by atoms with Crippen LogP contribution in [0.1, 0.15) is 51.0 Å². The number of alkyl halides is 2. The Labute approximate surface area is 159 Å². The van der Waals surface area contributed by atoms with Crippen LogP contribution < -0.4 is 0 Å². The van der Waals surface area contributed by atoms with Crippen LogP contribution in [-0.2, 0) is 10.7 Å². The lowest BCUT2D eigenvalue weighted by atomic mass is 10.0. The molecule has 1 aliphatic heterocycles. The number of aliphatic hydroxyl groups is 1. The lowest BCUT2D eigenvalue weighted by Gasteiger charge is -2.33. The topological polar surface area (TPSA) is 49.8 Å². The maximum atomic E-state index is 14.4. The summed E-state index contributed by atoms with van der Waals surface area (Å²) in [5.74, 6) is -3.39. The number of hydrogen-bond acceptors (Lipinski definition) is 3. The van der Waals surface area contributed by atoms with Gasteiger partial charge in [0.2, 0.25) is 0 Å². The second kappa shape index (κ2) is 10.4. The molecule has 4 nitrogen and oxygen atoms in total. The minimum absolute atomic E-state index is 0.238. The van der Waals surface area contributed by atoms with E-state index in [-0.39, 0.29) is 18.2 Å².